The van der Waals surface area contributed by atoms with Crippen molar-refractivity contribution in [1.29, 1.82) is 0 Å². The summed E-state index contributed by atoms with van der Waals surface area (Å²) in [4.78, 5) is 14.0. The van der Waals surface area contributed by atoms with E-state index in [1.54, 1.807) is 38.2 Å². The first-order valence-corrected chi connectivity index (χ1v) is 8.24. The second-order valence-electron chi connectivity index (χ2n) is 6.14. The fourth-order valence-corrected chi connectivity index (χ4v) is 3.43. The van der Waals surface area contributed by atoms with Crippen LogP contribution < -0.4 is 14.7 Å². The Morgan fingerprint density at radius 2 is 1.81 bits per heavy atom. The number of anilines is 1. The highest BCUT2D eigenvalue weighted by Crippen LogP contribution is 2.41. The maximum absolute atomic E-state index is 12.2. The Bertz CT molecular complexity index is 804. The van der Waals surface area contributed by atoms with Crippen LogP contribution in [0.25, 0.3) is 0 Å². The highest BCUT2D eigenvalue weighted by molar-refractivity contribution is 5.75. The molecule has 138 valence electrons. The van der Waals surface area contributed by atoms with Crippen LogP contribution in [-0.2, 0) is 11.2 Å². The Morgan fingerprint density at radius 1 is 1.19 bits per heavy atom. The minimum Gasteiger partial charge on any atom is -0.733 e. The predicted molar refractivity (Wildman–Crippen MR) is 96.6 cm³/mol. The molecule has 1 amide bonds. The zero-order chi connectivity index (χ0) is 18.8. The van der Waals surface area contributed by atoms with Gasteiger partial charge in [0.1, 0.15) is 0 Å². The van der Waals surface area contributed by atoms with Gasteiger partial charge in [0.15, 0.2) is 11.5 Å². The van der Waals surface area contributed by atoms with Gasteiger partial charge in [0.25, 0.3) is 0 Å². The first kappa shape index (κ1) is 18.0. The fraction of sp³-hybridized carbons (Fsp3) is 0.316. The number of benzene rings is 2. The van der Waals surface area contributed by atoms with Crippen molar-refractivity contribution >= 4 is 11.6 Å². The summed E-state index contributed by atoms with van der Waals surface area (Å²) in [7, 11) is 3.17. The third kappa shape index (κ3) is 3.18. The largest absolute Gasteiger partial charge is 0.733 e. The molecule has 0 radical (unpaired) electrons. The smallest absolute Gasteiger partial charge is 0.220 e. The van der Waals surface area contributed by atoms with E-state index in [1.165, 1.54) is 12.1 Å². The molecule has 0 saturated heterocycles. The lowest BCUT2D eigenvalue weighted by Crippen LogP contribution is -2.39. The van der Waals surface area contributed by atoms with Gasteiger partial charge >= 0.3 is 0 Å². The molecule has 2 aromatic carbocycles. The normalized spacial score (nSPS) is 16.0. The number of nitrogens with zero attached hydrogens (tertiary/aromatic N) is 2. The molecule has 0 aromatic heterocycles. The molecule has 7 nitrogen and oxygen atoms in total. The molecule has 0 spiro atoms. The molecule has 7 heteroatoms. The Hall–Kier alpha value is -2.77. The SMILES string of the molecule is COc1cc2c(cc1OC)[C@@H](c1ccc(N([O-])O)cc1)N(C(C)=O)CC2. The van der Waals surface area contributed by atoms with E-state index in [2.05, 4.69) is 0 Å². The molecule has 0 unspecified atom stereocenters. The summed E-state index contributed by atoms with van der Waals surface area (Å²) in [6.45, 7) is 2.12. The Labute approximate surface area is 151 Å². The standard InChI is InChI=1S/C19H21N2O5/c1-12(22)20-9-8-14-10-17(25-2)18(26-3)11-16(14)19(20)13-4-6-15(7-5-13)21(23)24/h4-7,10-11,19,23H,8-9H2,1-3H3/q-1/t19-/m1/s1. The van der Waals surface area contributed by atoms with E-state index in [-0.39, 0.29) is 22.9 Å². The van der Waals surface area contributed by atoms with E-state index in [9.17, 15) is 10.0 Å². The molecular formula is C19H21N2O5-. The zero-order valence-electron chi connectivity index (χ0n) is 14.9. The van der Waals surface area contributed by atoms with Gasteiger partial charge in [-0.2, -0.15) is 0 Å². The van der Waals surface area contributed by atoms with Crippen LogP contribution in [0.1, 0.15) is 29.7 Å². The van der Waals surface area contributed by atoms with E-state index in [4.69, 9.17) is 14.7 Å². The summed E-state index contributed by atoms with van der Waals surface area (Å²) in [5, 5.41) is 19.9. The summed E-state index contributed by atoms with van der Waals surface area (Å²) < 4.78 is 10.8. The van der Waals surface area contributed by atoms with Gasteiger partial charge in [0.05, 0.1) is 25.9 Å². The van der Waals surface area contributed by atoms with E-state index < -0.39 is 0 Å². The summed E-state index contributed by atoms with van der Waals surface area (Å²) in [6.07, 6.45) is 0.717. The van der Waals surface area contributed by atoms with Crippen LogP contribution in [0.15, 0.2) is 36.4 Å². The monoisotopic (exact) mass is 357 g/mol. The molecule has 0 fully saturated rings. The molecule has 1 heterocycles. The lowest BCUT2D eigenvalue weighted by molar-refractivity contribution is -0.130. The lowest BCUT2D eigenvalue weighted by Gasteiger charge is -2.38. The molecular weight excluding hydrogens is 336 g/mol. The van der Waals surface area contributed by atoms with Crippen LogP contribution in [0.2, 0.25) is 0 Å². The summed E-state index contributed by atoms with van der Waals surface area (Å²) in [6, 6.07) is 10.1. The number of amides is 1. The van der Waals surface area contributed by atoms with Gasteiger partial charge in [-0.15, -0.1) is 0 Å². The van der Waals surface area contributed by atoms with Crippen molar-refractivity contribution in [3.63, 3.8) is 0 Å². The van der Waals surface area contributed by atoms with Gasteiger partial charge in [-0.1, -0.05) is 12.1 Å². The van der Waals surface area contributed by atoms with E-state index >= 15 is 0 Å². The first-order chi connectivity index (χ1) is 12.5. The van der Waals surface area contributed by atoms with Gasteiger partial charge in [0, 0.05) is 13.5 Å². The van der Waals surface area contributed by atoms with Crippen molar-refractivity contribution in [3.05, 3.63) is 58.3 Å². The molecule has 1 aliphatic rings. The van der Waals surface area contributed by atoms with Crippen molar-refractivity contribution in [2.75, 3.05) is 26.0 Å². The molecule has 0 saturated carbocycles. The third-order valence-corrected chi connectivity index (χ3v) is 4.71. The Kier molecular flexibility index (Phi) is 5.01. The van der Waals surface area contributed by atoms with Gasteiger partial charge < -0.3 is 24.8 Å². The fourth-order valence-electron chi connectivity index (χ4n) is 3.43. The highest BCUT2D eigenvalue weighted by Gasteiger charge is 2.31. The van der Waals surface area contributed by atoms with E-state index in [1.807, 2.05) is 12.1 Å². The van der Waals surface area contributed by atoms with Crippen LogP contribution in [0.4, 0.5) is 5.69 Å². The van der Waals surface area contributed by atoms with Gasteiger partial charge in [-0.3, -0.25) is 10.0 Å². The number of carbonyl (C=O) groups is 1. The topological polar surface area (TPSA) is 85.3 Å². The van der Waals surface area contributed by atoms with Crippen LogP contribution in [0, 0.1) is 5.21 Å². The summed E-state index contributed by atoms with van der Waals surface area (Å²) >= 11 is 0. The van der Waals surface area contributed by atoms with Gasteiger partial charge in [-0.05, 0) is 47.4 Å². The molecule has 1 N–H and O–H groups in total. The zero-order valence-corrected chi connectivity index (χ0v) is 14.9. The first-order valence-electron chi connectivity index (χ1n) is 8.24. The van der Waals surface area contributed by atoms with Gasteiger partial charge in [-0.25, -0.2) is 0 Å². The highest BCUT2D eigenvalue weighted by atomic mass is 16.8. The Balaban J connectivity index is 2.12. The number of methoxy groups -OCH3 is 2. The second kappa shape index (κ2) is 7.23. The van der Waals surface area contributed by atoms with Crippen LogP contribution in [0.5, 0.6) is 11.5 Å². The van der Waals surface area contributed by atoms with Crippen molar-refractivity contribution in [2.24, 2.45) is 0 Å². The van der Waals surface area contributed by atoms with Crippen molar-refractivity contribution in [2.45, 2.75) is 19.4 Å². The number of ether oxygens (including phenoxy) is 2. The number of fused-ring (bicyclic) bond motifs is 1. The van der Waals surface area contributed by atoms with Crippen molar-refractivity contribution in [1.82, 2.24) is 4.90 Å². The van der Waals surface area contributed by atoms with Crippen LogP contribution >= 0.6 is 0 Å². The minimum absolute atomic E-state index is 0.0351. The maximum atomic E-state index is 12.2. The summed E-state index contributed by atoms with van der Waals surface area (Å²) in [5.74, 6) is 1.21. The van der Waals surface area contributed by atoms with Crippen LogP contribution in [-0.4, -0.2) is 36.8 Å². The number of hydrogen-bond acceptors (Lipinski definition) is 6. The van der Waals surface area contributed by atoms with Crippen LogP contribution in [0.3, 0.4) is 0 Å². The average Bonchev–Trinajstić information content (AvgIpc) is 2.65. The van der Waals surface area contributed by atoms with Crippen molar-refractivity contribution in [3.8, 4) is 11.5 Å². The summed E-state index contributed by atoms with van der Waals surface area (Å²) in [5.41, 5.74) is 3.02. The Morgan fingerprint density at radius 3 is 2.35 bits per heavy atom. The maximum Gasteiger partial charge on any atom is 0.220 e. The quantitative estimate of drug-likeness (QED) is 0.847. The minimum atomic E-state index is -0.302. The molecule has 1 aliphatic heterocycles. The molecule has 3 rings (SSSR count). The van der Waals surface area contributed by atoms with E-state index in [0.29, 0.717) is 18.0 Å². The predicted octanol–water partition coefficient (Wildman–Crippen LogP) is 2.89. The molecule has 2 aromatic rings. The second-order valence-corrected chi connectivity index (χ2v) is 6.14. The number of carbonyl (C=O) groups excluding carboxylic acids is 1. The lowest BCUT2D eigenvalue weighted by atomic mass is 9.87. The molecule has 0 bridgehead atoms. The number of hydrogen-bond donors (Lipinski definition) is 1. The molecule has 26 heavy (non-hydrogen) atoms. The number of rotatable bonds is 4. The van der Waals surface area contributed by atoms with Crippen molar-refractivity contribution < 1.29 is 19.5 Å². The van der Waals surface area contributed by atoms with E-state index in [0.717, 1.165) is 23.1 Å². The molecule has 0 aliphatic carbocycles. The third-order valence-electron chi connectivity index (χ3n) is 4.71. The van der Waals surface area contributed by atoms with Gasteiger partial charge in [0.2, 0.25) is 5.91 Å². The molecule has 1 atom stereocenters. The average molecular weight is 357 g/mol.